The molecule has 1 aromatic rings. The molecule has 1 saturated carbocycles. The van der Waals surface area contributed by atoms with Crippen LogP contribution in [0, 0.1) is 5.92 Å². The highest BCUT2D eigenvalue weighted by Gasteiger charge is 2.26. The molecule has 1 amide bonds. The molecular formula is C21H35N5O4. The lowest BCUT2D eigenvalue weighted by Crippen LogP contribution is -2.50. The number of anilines is 2. The van der Waals surface area contributed by atoms with Crippen molar-refractivity contribution in [2.24, 2.45) is 5.92 Å². The Kier molecular flexibility index (Phi) is 7.58. The topological polar surface area (TPSA) is 112 Å². The quantitative estimate of drug-likeness (QED) is 0.677. The zero-order valence-electron chi connectivity index (χ0n) is 18.2. The van der Waals surface area contributed by atoms with E-state index in [1.54, 1.807) is 0 Å². The molecule has 0 spiro atoms. The van der Waals surface area contributed by atoms with Gasteiger partial charge in [-0.25, -0.2) is 9.36 Å². The molecule has 9 heteroatoms. The van der Waals surface area contributed by atoms with Crippen molar-refractivity contribution < 1.29 is 9.53 Å². The van der Waals surface area contributed by atoms with Crippen LogP contribution in [0.3, 0.4) is 0 Å². The summed E-state index contributed by atoms with van der Waals surface area (Å²) in [6.07, 6.45) is 5.92. The predicted octanol–water partition coefficient (Wildman–Crippen LogP) is 0.924. The molecule has 0 radical (unpaired) electrons. The molecule has 0 aromatic carbocycles. The van der Waals surface area contributed by atoms with E-state index >= 15 is 0 Å². The molecule has 30 heavy (non-hydrogen) atoms. The van der Waals surface area contributed by atoms with Gasteiger partial charge in [-0.15, -0.1) is 0 Å². The Hall–Kier alpha value is -2.29. The van der Waals surface area contributed by atoms with Crippen molar-refractivity contribution in [3.63, 3.8) is 0 Å². The van der Waals surface area contributed by atoms with Gasteiger partial charge in [0.25, 0.3) is 5.56 Å². The number of morpholine rings is 1. The number of carbonyl (C=O) groups excluding carboxylic acids is 1. The van der Waals surface area contributed by atoms with Crippen molar-refractivity contribution >= 4 is 17.4 Å². The largest absolute Gasteiger partial charge is 0.383 e. The van der Waals surface area contributed by atoms with E-state index in [9.17, 15) is 14.4 Å². The summed E-state index contributed by atoms with van der Waals surface area (Å²) in [7, 11) is 0. The molecule has 0 bridgehead atoms. The maximum Gasteiger partial charge on any atom is 0.333 e. The van der Waals surface area contributed by atoms with Crippen molar-refractivity contribution in [2.75, 3.05) is 36.9 Å². The Morgan fingerprint density at radius 1 is 1.17 bits per heavy atom. The summed E-state index contributed by atoms with van der Waals surface area (Å²) in [4.78, 5) is 40.9. The number of nitrogens with two attached hydrogens (primary N) is 1. The van der Waals surface area contributed by atoms with Crippen LogP contribution in [-0.2, 0) is 22.6 Å². The van der Waals surface area contributed by atoms with Crippen LogP contribution in [0.25, 0.3) is 0 Å². The molecule has 3 rings (SSSR count). The average Bonchev–Trinajstić information content (AvgIpc) is 2.74. The Bertz CT molecular complexity index is 856. The summed E-state index contributed by atoms with van der Waals surface area (Å²) in [5.74, 6) is 0.279. The van der Waals surface area contributed by atoms with Crippen molar-refractivity contribution in [1.82, 2.24) is 14.5 Å². The van der Waals surface area contributed by atoms with E-state index in [0.29, 0.717) is 44.5 Å². The molecule has 2 aliphatic rings. The summed E-state index contributed by atoms with van der Waals surface area (Å²) in [6.45, 7) is 6.33. The first-order valence-corrected chi connectivity index (χ1v) is 11.2. The molecule has 2 atom stereocenters. The molecule has 0 unspecified atom stereocenters. The Morgan fingerprint density at radius 3 is 2.53 bits per heavy atom. The first kappa shape index (κ1) is 22.4. The fourth-order valence-corrected chi connectivity index (χ4v) is 4.38. The van der Waals surface area contributed by atoms with Crippen LogP contribution in [0.2, 0.25) is 0 Å². The monoisotopic (exact) mass is 421 g/mol. The molecule has 1 aromatic heterocycles. The van der Waals surface area contributed by atoms with Gasteiger partial charge in [-0.1, -0.05) is 33.1 Å². The average molecular weight is 422 g/mol. The Balaban J connectivity index is 1.92. The van der Waals surface area contributed by atoms with Gasteiger partial charge < -0.3 is 20.7 Å². The highest BCUT2D eigenvalue weighted by Crippen LogP contribution is 2.23. The second-order valence-corrected chi connectivity index (χ2v) is 8.45. The van der Waals surface area contributed by atoms with Gasteiger partial charge in [0, 0.05) is 25.7 Å². The van der Waals surface area contributed by atoms with Crippen LogP contribution in [0.15, 0.2) is 9.59 Å². The normalized spacial score (nSPS) is 22.1. The van der Waals surface area contributed by atoms with Crippen LogP contribution in [0.1, 0.15) is 52.4 Å². The van der Waals surface area contributed by atoms with E-state index in [-0.39, 0.29) is 24.3 Å². The van der Waals surface area contributed by atoms with Gasteiger partial charge in [0.15, 0.2) is 0 Å². The van der Waals surface area contributed by atoms with Gasteiger partial charge in [0.2, 0.25) is 5.91 Å². The van der Waals surface area contributed by atoms with Crippen LogP contribution >= 0.6 is 0 Å². The Morgan fingerprint density at radius 2 is 1.87 bits per heavy atom. The smallest absolute Gasteiger partial charge is 0.333 e. The molecular weight excluding hydrogens is 386 g/mol. The lowest BCUT2D eigenvalue weighted by Gasteiger charge is -2.31. The summed E-state index contributed by atoms with van der Waals surface area (Å²) < 4.78 is 7.86. The molecule has 1 aliphatic heterocycles. The van der Waals surface area contributed by atoms with Gasteiger partial charge >= 0.3 is 5.69 Å². The fourth-order valence-electron chi connectivity index (χ4n) is 4.38. The van der Waals surface area contributed by atoms with E-state index in [4.69, 9.17) is 10.5 Å². The minimum absolute atomic E-state index is 0.0942. The third-order valence-electron chi connectivity index (χ3n) is 6.27. The summed E-state index contributed by atoms with van der Waals surface area (Å²) in [5, 5.41) is 3.04. The minimum atomic E-state index is -0.519. The summed E-state index contributed by atoms with van der Waals surface area (Å²) in [5.41, 5.74) is 5.57. The molecule has 1 saturated heterocycles. The van der Waals surface area contributed by atoms with E-state index in [2.05, 4.69) is 12.2 Å². The van der Waals surface area contributed by atoms with Gasteiger partial charge in [0.1, 0.15) is 18.1 Å². The number of nitrogen functional groups attached to an aromatic ring is 1. The van der Waals surface area contributed by atoms with Crippen LogP contribution in [0.4, 0.5) is 11.5 Å². The highest BCUT2D eigenvalue weighted by atomic mass is 16.5. The number of ether oxygens (including phenoxy) is 1. The third-order valence-corrected chi connectivity index (χ3v) is 6.27. The van der Waals surface area contributed by atoms with Crippen molar-refractivity contribution in [3.8, 4) is 0 Å². The molecule has 2 fully saturated rings. The lowest BCUT2D eigenvalue weighted by atomic mass is 9.86. The van der Waals surface area contributed by atoms with Gasteiger partial charge in [0.05, 0.1) is 13.2 Å². The SMILES string of the molecule is CCCCn1c(N)c(N2CCOCC2)c(=O)n(CC(=O)N[C@@H]2CCCC[C@H]2C)c1=O. The molecule has 3 N–H and O–H groups in total. The van der Waals surface area contributed by atoms with E-state index < -0.39 is 11.2 Å². The number of rotatable bonds is 7. The fraction of sp³-hybridized carbons (Fsp3) is 0.762. The third kappa shape index (κ3) is 4.88. The second-order valence-electron chi connectivity index (χ2n) is 8.45. The molecule has 168 valence electrons. The molecule has 2 heterocycles. The van der Waals surface area contributed by atoms with Crippen molar-refractivity contribution in [3.05, 3.63) is 20.8 Å². The highest BCUT2D eigenvalue weighted by molar-refractivity contribution is 5.76. The van der Waals surface area contributed by atoms with Crippen molar-refractivity contribution in [2.45, 2.75) is 71.5 Å². The standard InChI is InChI=1S/C21H35N5O4/c1-3-4-9-25-19(22)18(24-10-12-30-13-11-24)20(28)26(21(25)29)14-17(27)23-16-8-6-5-7-15(16)2/h15-16H,3-14,22H2,1-2H3,(H,23,27)/t15-,16-/m1/s1. The predicted molar refractivity (Wildman–Crippen MR) is 117 cm³/mol. The maximum atomic E-state index is 13.2. The number of hydrogen-bond donors (Lipinski definition) is 2. The summed E-state index contributed by atoms with van der Waals surface area (Å²) >= 11 is 0. The Labute approximate surface area is 177 Å². The zero-order valence-corrected chi connectivity index (χ0v) is 18.2. The van der Waals surface area contributed by atoms with Crippen molar-refractivity contribution in [1.29, 1.82) is 0 Å². The molecule has 9 nitrogen and oxygen atoms in total. The van der Waals surface area contributed by atoms with Crippen LogP contribution in [0.5, 0.6) is 0 Å². The first-order valence-electron chi connectivity index (χ1n) is 11.2. The summed E-state index contributed by atoms with van der Waals surface area (Å²) in [6, 6.07) is 0.0942. The van der Waals surface area contributed by atoms with E-state index in [0.717, 1.165) is 36.7 Å². The maximum absolute atomic E-state index is 13.2. The number of unbranched alkanes of at least 4 members (excludes halogenated alkanes) is 1. The number of amides is 1. The number of nitrogens with zero attached hydrogens (tertiary/aromatic N) is 3. The molecule has 1 aliphatic carbocycles. The van der Waals surface area contributed by atoms with Gasteiger partial charge in [-0.2, -0.15) is 0 Å². The number of nitrogens with one attached hydrogen (secondary N) is 1. The van der Waals surface area contributed by atoms with Crippen LogP contribution in [-0.4, -0.2) is 47.4 Å². The van der Waals surface area contributed by atoms with Crippen LogP contribution < -0.4 is 27.2 Å². The van der Waals surface area contributed by atoms with E-state index in [1.807, 2.05) is 11.8 Å². The number of carbonyl (C=O) groups is 1. The van der Waals surface area contributed by atoms with Gasteiger partial charge in [-0.05, 0) is 25.2 Å². The first-order chi connectivity index (χ1) is 14.4. The lowest BCUT2D eigenvalue weighted by molar-refractivity contribution is -0.123. The minimum Gasteiger partial charge on any atom is -0.383 e. The number of hydrogen-bond acceptors (Lipinski definition) is 6. The van der Waals surface area contributed by atoms with Gasteiger partial charge in [-0.3, -0.25) is 14.2 Å². The zero-order chi connectivity index (χ0) is 21.7. The second kappa shape index (κ2) is 10.1. The van der Waals surface area contributed by atoms with E-state index in [1.165, 1.54) is 11.0 Å². The number of aromatic nitrogens is 2.